The Bertz CT molecular complexity index is 1140. The van der Waals surface area contributed by atoms with Crippen molar-refractivity contribution in [2.24, 2.45) is 71.0 Å². The lowest BCUT2D eigenvalue weighted by atomic mass is 9.71. The second-order valence-electron chi connectivity index (χ2n) is 17.1. The predicted molar refractivity (Wildman–Crippen MR) is 198 cm³/mol. The number of fused-ring (bicyclic) bond motifs is 4. The maximum absolute atomic E-state index is 12.9. The molecule has 0 aromatic carbocycles. The van der Waals surface area contributed by atoms with Crippen molar-refractivity contribution in [2.75, 3.05) is 6.61 Å². The highest BCUT2D eigenvalue weighted by molar-refractivity contribution is 5.96. The van der Waals surface area contributed by atoms with Crippen LogP contribution in [0, 0.1) is 71.0 Å². The fraction of sp³-hybridized carbons (Fsp3) is 0.907. The van der Waals surface area contributed by atoms with Gasteiger partial charge in [0.2, 0.25) is 0 Å². The molecule has 5 aliphatic carbocycles. The molecule has 1 aliphatic heterocycles. The van der Waals surface area contributed by atoms with Crippen LogP contribution in [0.25, 0.3) is 0 Å². The SMILES string of the molecule is CCC1C(=O)OC(=O)C1CC.CCC1C2CC(C(=O)OC3(CC)CCCCC3)C(C2)C1CC.CCC1C2CC(C(=O)OCC(C)O)C(C2)C1CC. The summed E-state index contributed by atoms with van der Waals surface area (Å²) in [6.45, 7) is 16.9. The van der Waals surface area contributed by atoms with Crippen LogP contribution in [0.4, 0.5) is 0 Å². The van der Waals surface area contributed by atoms with Crippen molar-refractivity contribution >= 4 is 23.9 Å². The van der Waals surface area contributed by atoms with E-state index in [1.54, 1.807) is 6.92 Å². The van der Waals surface area contributed by atoms with Crippen molar-refractivity contribution < 1.29 is 38.5 Å². The fourth-order valence-corrected chi connectivity index (χ4v) is 12.0. The summed E-state index contributed by atoms with van der Waals surface area (Å²) < 4.78 is 15.9. The third-order valence-corrected chi connectivity index (χ3v) is 14.6. The van der Waals surface area contributed by atoms with Gasteiger partial charge in [-0.2, -0.15) is 0 Å². The minimum absolute atomic E-state index is 0.0728. The molecule has 6 aliphatic rings. The molecule has 13 atom stereocenters. The van der Waals surface area contributed by atoms with Gasteiger partial charge in [0.1, 0.15) is 12.2 Å². The Morgan fingerprint density at radius 3 is 1.53 bits per heavy atom. The largest absolute Gasteiger partial charge is 0.463 e. The number of hydrogen-bond donors (Lipinski definition) is 1. The van der Waals surface area contributed by atoms with Gasteiger partial charge < -0.3 is 19.3 Å². The molecule has 51 heavy (non-hydrogen) atoms. The van der Waals surface area contributed by atoms with Gasteiger partial charge in [-0.15, -0.1) is 0 Å². The summed E-state index contributed by atoms with van der Waals surface area (Å²) >= 11 is 0. The number of aliphatic hydroxyl groups is 1. The molecule has 6 rings (SSSR count). The zero-order chi connectivity index (χ0) is 37.5. The summed E-state index contributed by atoms with van der Waals surface area (Å²) in [7, 11) is 0. The maximum Gasteiger partial charge on any atom is 0.317 e. The molecule has 1 N–H and O–H groups in total. The minimum atomic E-state index is -0.557. The highest BCUT2D eigenvalue weighted by Gasteiger charge is 2.55. The second kappa shape index (κ2) is 18.9. The van der Waals surface area contributed by atoms with E-state index >= 15 is 0 Å². The normalized spacial score (nSPS) is 37.9. The number of cyclic esters (lactones) is 2. The van der Waals surface area contributed by atoms with Crippen LogP contribution >= 0.6 is 0 Å². The molecule has 292 valence electrons. The molecule has 1 saturated heterocycles. The van der Waals surface area contributed by atoms with Crippen molar-refractivity contribution in [3.8, 4) is 0 Å². The molecule has 0 aromatic rings. The van der Waals surface area contributed by atoms with Crippen LogP contribution in [0.3, 0.4) is 0 Å². The molecule has 1 heterocycles. The maximum atomic E-state index is 12.9. The van der Waals surface area contributed by atoms with Crippen LogP contribution in [0.5, 0.6) is 0 Å². The van der Waals surface area contributed by atoms with Crippen LogP contribution in [0.2, 0.25) is 0 Å². The standard InChI is InChI=1S/C20H34O2.C15H26O3.C8H12O3/c1-4-15-14-12-17(16(15)5-2)18(13-14)19(21)22-20(6-3)10-8-7-9-11-20;1-4-11-10-6-13(12(11)5-2)14(7-10)15(17)18-8-9(3)16;1-3-5-6(4-2)8(10)11-7(5)9/h14-18H,4-13H2,1-3H3;9-14,16H,4-8H2,1-3H3;5-6H,3-4H2,1-2H3. The molecule has 0 radical (unpaired) electrons. The van der Waals surface area contributed by atoms with Crippen LogP contribution in [-0.4, -0.2) is 47.3 Å². The van der Waals surface area contributed by atoms with E-state index in [2.05, 4.69) is 39.4 Å². The first kappa shape index (κ1) is 41.8. The van der Waals surface area contributed by atoms with Crippen molar-refractivity contribution in [3.05, 3.63) is 0 Å². The smallest absolute Gasteiger partial charge is 0.317 e. The molecular formula is C43H72O8. The number of ether oxygens (including phenoxy) is 3. The molecule has 6 fully saturated rings. The van der Waals surface area contributed by atoms with E-state index in [-0.39, 0.29) is 59.8 Å². The van der Waals surface area contributed by atoms with E-state index in [0.29, 0.717) is 30.6 Å². The number of carbonyl (C=O) groups is 4. The first-order chi connectivity index (χ1) is 24.4. The summed E-state index contributed by atoms with van der Waals surface area (Å²) in [5.41, 5.74) is -0.122. The molecular weight excluding hydrogens is 644 g/mol. The minimum Gasteiger partial charge on any atom is -0.463 e. The van der Waals surface area contributed by atoms with Gasteiger partial charge >= 0.3 is 23.9 Å². The Balaban J connectivity index is 0.000000181. The van der Waals surface area contributed by atoms with E-state index in [4.69, 9.17) is 9.47 Å². The first-order valence-electron chi connectivity index (χ1n) is 21.3. The lowest BCUT2D eigenvalue weighted by Gasteiger charge is -2.39. The lowest BCUT2D eigenvalue weighted by Crippen LogP contribution is -2.41. The van der Waals surface area contributed by atoms with Crippen molar-refractivity contribution in [1.82, 2.24) is 0 Å². The van der Waals surface area contributed by atoms with Crippen LogP contribution < -0.4 is 0 Å². The highest BCUT2D eigenvalue weighted by Crippen LogP contribution is 2.59. The van der Waals surface area contributed by atoms with E-state index in [1.165, 1.54) is 57.8 Å². The molecule has 0 aromatic heterocycles. The predicted octanol–water partition coefficient (Wildman–Crippen LogP) is 9.09. The Hall–Kier alpha value is -1.96. The lowest BCUT2D eigenvalue weighted by molar-refractivity contribution is -0.172. The zero-order valence-electron chi connectivity index (χ0n) is 33.3. The van der Waals surface area contributed by atoms with Gasteiger partial charge in [0.15, 0.2) is 0 Å². The van der Waals surface area contributed by atoms with E-state index in [1.807, 2.05) is 13.8 Å². The van der Waals surface area contributed by atoms with Crippen LogP contribution in [0.15, 0.2) is 0 Å². The zero-order valence-corrected chi connectivity index (χ0v) is 33.3. The topological polar surface area (TPSA) is 116 Å². The van der Waals surface area contributed by atoms with Crippen LogP contribution in [-0.2, 0) is 33.4 Å². The van der Waals surface area contributed by atoms with Crippen LogP contribution in [0.1, 0.15) is 158 Å². The van der Waals surface area contributed by atoms with Gasteiger partial charge in [0, 0.05) is 0 Å². The number of rotatable bonds is 12. The molecule has 0 amide bonds. The Kier molecular flexibility index (Phi) is 15.5. The summed E-state index contributed by atoms with van der Waals surface area (Å²) in [5, 5.41) is 9.18. The monoisotopic (exact) mass is 717 g/mol. The van der Waals surface area contributed by atoms with Gasteiger partial charge in [-0.25, -0.2) is 0 Å². The number of hydrogen-bond acceptors (Lipinski definition) is 8. The molecule has 0 spiro atoms. The van der Waals surface area contributed by atoms with Crippen molar-refractivity contribution in [1.29, 1.82) is 0 Å². The average Bonchev–Trinajstić information content (AvgIpc) is 3.96. The van der Waals surface area contributed by atoms with Crippen molar-refractivity contribution in [3.63, 3.8) is 0 Å². The average molecular weight is 717 g/mol. The highest BCUT2D eigenvalue weighted by atomic mass is 16.6. The summed E-state index contributed by atoms with van der Waals surface area (Å²) in [5.74, 6) is 5.17. The van der Waals surface area contributed by atoms with E-state index in [0.717, 1.165) is 61.7 Å². The molecule has 8 heteroatoms. The Morgan fingerprint density at radius 2 is 1.14 bits per heavy atom. The third-order valence-electron chi connectivity index (χ3n) is 14.6. The van der Waals surface area contributed by atoms with Crippen molar-refractivity contribution in [2.45, 2.75) is 170 Å². The van der Waals surface area contributed by atoms with Gasteiger partial charge in [0.25, 0.3) is 0 Å². The third kappa shape index (κ3) is 9.23. The molecule has 13 unspecified atom stereocenters. The summed E-state index contributed by atoms with van der Waals surface area (Å²) in [6, 6.07) is 0. The second-order valence-corrected chi connectivity index (χ2v) is 17.1. The number of aliphatic hydroxyl groups excluding tert-OH is 1. The Labute approximate surface area is 309 Å². The van der Waals surface area contributed by atoms with Gasteiger partial charge in [-0.3, -0.25) is 19.2 Å². The summed E-state index contributed by atoms with van der Waals surface area (Å²) in [6.07, 6.45) is 17.4. The van der Waals surface area contributed by atoms with Gasteiger partial charge in [-0.1, -0.05) is 80.6 Å². The van der Waals surface area contributed by atoms with E-state index in [9.17, 15) is 24.3 Å². The van der Waals surface area contributed by atoms with E-state index < -0.39 is 6.10 Å². The first-order valence-corrected chi connectivity index (χ1v) is 21.3. The number of esters is 4. The molecule has 8 nitrogen and oxygen atoms in total. The number of carbonyl (C=O) groups excluding carboxylic acids is 4. The fourth-order valence-electron chi connectivity index (χ4n) is 12.0. The van der Waals surface area contributed by atoms with Gasteiger partial charge in [-0.05, 0) is 125 Å². The molecule has 4 bridgehead atoms. The summed E-state index contributed by atoms with van der Waals surface area (Å²) in [4.78, 5) is 46.8. The van der Waals surface area contributed by atoms with Gasteiger partial charge in [0.05, 0.1) is 29.8 Å². The quantitative estimate of drug-likeness (QED) is 0.121. The molecule has 5 saturated carbocycles. The Morgan fingerprint density at radius 1 is 0.686 bits per heavy atom.